The second-order valence-corrected chi connectivity index (χ2v) is 4.25. The lowest BCUT2D eigenvalue weighted by molar-refractivity contribution is 0.198. The molecule has 2 aromatic carbocycles. The summed E-state index contributed by atoms with van der Waals surface area (Å²) in [6.45, 7) is 1.51. The smallest absolute Gasteiger partial charge is 0.165 e. The molecule has 0 unspecified atom stereocenters. The summed E-state index contributed by atoms with van der Waals surface area (Å²) >= 11 is 0. The molecule has 0 spiro atoms. The van der Waals surface area contributed by atoms with Crippen molar-refractivity contribution in [2.75, 3.05) is 0 Å². The van der Waals surface area contributed by atoms with Crippen molar-refractivity contribution in [1.82, 2.24) is 0 Å². The van der Waals surface area contributed by atoms with Crippen molar-refractivity contribution in [3.8, 4) is 5.75 Å². The van der Waals surface area contributed by atoms with E-state index in [2.05, 4.69) is 0 Å². The van der Waals surface area contributed by atoms with E-state index in [-0.39, 0.29) is 18.2 Å². The Morgan fingerprint density at radius 2 is 1.84 bits per heavy atom. The van der Waals surface area contributed by atoms with Gasteiger partial charge in [-0.2, -0.15) is 0 Å². The Balaban J connectivity index is 2.10. The zero-order chi connectivity index (χ0) is 13.8. The van der Waals surface area contributed by atoms with E-state index in [0.29, 0.717) is 11.1 Å². The second-order valence-electron chi connectivity index (χ2n) is 4.25. The van der Waals surface area contributed by atoms with Crippen molar-refractivity contribution in [2.24, 2.45) is 0 Å². The van der Waals surface area contributed by atoms with Crippen LogP contribution in [0.1, 0.15) is 24.2 Å². The predicted octanol–water partition coefficient (Wildman–Crippen LogP) is 3.60. The van der Waals surface area contributed by atoms with Crippen molar-refractivity contribution in [2.45, 2.75) is 19.6 Å². The van der Waals surface area contributed by atoms with Gasteiger partial charge in [-0.25, -0.2) is 8.78 Å². The van der Waals surface area contributed by atoms with Crippen LogP contribution in [-0.4, -0.2) is 5.11 Å². The SMILES string of the molecule is C[C@@H](O)c1ccc(OCc2ccccc2F)c(F)c1. The van der Waals surface area contributed by atoms with Gasteiger partial charge in [0.1, 0.15) is 12.4 Å². The standard InChI is InChI=1S/C15H14F2O2/c1-10(18)11-6-7-15(14(17)8-11)19-9-12-4-2-3-5-13(12)16/h2-8,10,18H,9H2,1H3/t10-/m1/s1. The van der Waals surface area contributed by atoms with Gasteiger partial charge in [0, 0.05) is 5.56 Å². The third-order valence-corrected chi connectivity index (χ3v) is 2.78. The van der Waals surface area contributed by atoms with Gasteiger partial charge in [0.15, 0.2) is 11.6 Å². The highest BCUT2D eigenvalue weighted by molar-refractivity contribution is 5.30. The summed E-state index contributed by atoms with van der Waals surface area (Å²) in [4.78, 5) is 0. The minimum absolute atomic E-state index is 0.0349. The average Bonchev–Trinajstić information content (AvgIpc) is 2.39. The van der Waals surface area contributed by atoms with Gasteiger partial charge in [-0.1, -0.05) is 24.3 Å². The molecule has 2 rings (SSSR count). The number of halogens is 2. The van der Waals surface area contributed by atoms with Crippen LogP contribution >= 0.6 is 0 Å². The van der Waals surface area contributed by atoms with Gasteiger partial charge in [-0.15, -0.1) is 0 Å². The highest BCUT2D eigenvalue weighted by Gasteiger charge is 2.09. The van der Waals surface area contributed by atoms with Crippen LogP contribution in [0.4, 0.5) is 8.78 Å². The number of aliphatic hydroxyl groups is 1. The van der Waals surface area contributed by atoms with Crippen LogP contribution in [0.3, 0.4) is 0 Å². The van der Waals surface area contributed by atoms with Gasteiger partial charge in [-0.3, -0.25) is 0 Å². The van der Waals surface area contributed by atoms with E-state index < -0.39 is 11.9 Å². The number of hydrogen-bond acceptors (Lipinski definition) is 2. The minimum atomic E-state index is -0.741. The molecular formula is C15H14F2O2. The van der Waals surface area contributed by atoms with E-state index in [4.69, 9.17) is 4.74 Å². The third kappa shape index (κ3) is 3.29. The van der Waals surface area contributed by atoms with E-state index in [1.165, 1.54) is 18.2 Å². The molecule has 0 fully saturated rings. The Labute approximate surface area is 110 Å². The summed E-state index contributed by atoms with van der Waals surface area (Å²) in [5.74, 6) is -0.925. The van der Waals surface area contributed by atoms with Gasteiger partial charge < -0.3 is 9.84 Å². The Kier molecular flexibility index (Phi) is 4.12. The summed E-state index contributed by atoms with van der Waals surface area (Å²) in [6, 6.07) is 10.4. The lowest BCUT2D eigenvalue weighted by Gasteiger charge is -2.10. The van der Waals surface area contributed by atoms with Crippen LogP contribution in [0.25, 0.3) is 0 Å². The van der Waals surface area contributed by atoms with Gasteiger partial charge in [0.05, 0.1) is 6.10 Å². The first-order chi connectivity index (χ1) is 9.08. The zero-order valence-electron chi connectivity index (χ0n) is 10.4. The molecule has 2 aromatic rings. The first kappa shape index (κ1) is 13.5. The maximum atomic E-state index is 13.7. The molecule has 0 amide bonds. The Morgan fingerprint density at radius 3 is 2.47 bits per heavy atom. The molecule has 0 radical (unpaired) electrons. The maximum Gasteiger partial charge on any atom is 0.165 e. The van der Waals surface area contributed by atoms with Gasteiger partial charge >= 0.3 is 0 Å². The summed E-state index contributed by atoms with van der Waals surface area (Å²) < 4.78 is 32.3. The lowest BCUT2D eigenvalue weighted by atomic mass is 10.1. The lowest BCUT2D eigenvalue weighted by Crippen LogP contribution is -2.01. The van der Waals surface area contributed by atoms with Crippen molar-refractivity contribution in [3.05, 3.63) is 65.2 Å². The molecule has 1 N–H and O–H groups in total. The number of hydrogen-bond donors (Lipinski definition) is 1. The Morgan fingerprint density at radius 1 is 1.11 bits per heavy atom. The first-order valence-electron chi connectivity index (χ1n) is 5.91. The van der Waals surface area contributed by atoms with Crippen molar-refractivity contribution in [1.29, 1.82) is 0 Å². The fourth-order valence-electron chi connectivity index (χ4n) is 1.66. The second kappa shape index (κ2) is 5.80. The highest BCUT2D eigenvalue weighted by Crippen LogP contribution is 2.23. The zero-order valence-corrected chi connectivity index (χ0v) is 10.4. The molecule has 0 aromatic heterocycles. The molecule has 2 nitrogen and oxygen atoms in total. The highest BCUT2D eigenvalue weighted by atomic mass is 19.1. The maximum absolute atomic E-state index is 13.7. The van der Waals surface area contributed by atoms with E-state index in [1.807, 2.05) is 0 Å². The molecule has 1 atom stereocenters. The molecule has 0 saturated heterocycles. The van der Waals surface area contributed by atoms with Gasteiger partial charge in [0.2, 0.25) is 0 Å². The number of rotatable bonds is 4. The third-order valence-electron chi connectivity index (χ3n) is 2.78. The summed E-state index contributed by atoms with van der Waals surface area (Å²) in [6.07, 6.45) is -0.741. The van der Waals surface area contributed by atoms with Crippen LogP contribution < -0.4 is 4.74 Å². The van der Waals surface area contributed by atoms with E-state index in [0.717, 1.165) is 0 Å². The van der Waals surface area contributed by atoms with Gasteiger partial charge in [0.25, 0.3) is 0 Å². The minimum Gasteiger partial charge on any atom is -0.486 e. The molecule has 19 heavy (non-hydrogen) atoms. The molecule has 0 aliphatic heterocycles. The molecule has 0 heterocycles. The fraction of sp³-hybridized carbons (Fsp3) is 0.200. The Hall–Kier alpha value is -1.94. The molecule has 4 heteroatoms. The fourth-order valence-corrected chi connectivity index (χ4v) is 1.66. The first-order valence-corrected chi connectivity index (χ1v) is 5.91. The molecule has 0 bridgehead atoms. The average molecular weight is 264 g/mol. The topological polar surface area (TPSA) is 29.5 Å². The van der Waals surface area contributed by atoms with Crippen LogP contribution in [0.2, 0.25) is 0 Å². The Bertz CT molecular complexity index is 568. The number of ether oxygens (including phenoxy) is 1. The van der Waals surface area contributed by atoms with Crippen molar-refractivity contribution in [3.63, 3.8) is 0 Å². The molecule has 100 valence electrons. The van der Waals surface area contributed by atoms with Crippen LogP contribution in [0, 0.1) is 11.6 Å². The predicted molar refractivity (Wildman–Crippen MR) is 67.8 cm³/mol. The number of aliphatic hydroxyl groups excluding tert-OH is 1. The largest absolute Gasteiger partial charge is 0.486 e. The van der Waals surface area contributed by atoms with E-state index in [1.54, 1.807) is 31.2 Å². The summed E-state index contributed by atoms with van der Waals surface area (Å²) in [5.41, 5.74) is 0.831. The van der Waals surface area contributed by atoms with Crippen LogP contribution in [-0.2, 0) is 6.61 Å². The molecule has 0 aliphatic carbocycles. The van der Waals surface area contributed by atoms with Gasteiger partial charge in [-0.05, 0) is 30.7 Å². The van der Waals surface area contributed by atoms with E-state index >= 15 is 0 Å². The monoisotopic (exact) mass is 264 g/mol. The number of benzene rings is 2. The van der Waals surface area contributed by atoms with E-state index in [9.17, 15) is 13.9 Å². The summed E-state index contributed by atoms with van der Waals surface area (Å²) in [5, 5.41) is 9.33. The molecule has 0 saturated carbocycles. The summed E-state index contributed by atoms with van der Waals surface area (Å²) in [7, 11) is 0. The molecular weight excluding hydrogens is 250 g/mol. The molecule has 0 aliphatic rings. The quantitative estimate of drug-likeness (QED) is 0.914. The van der Waals surface area contributed by atoms with Crippen LogP contribution in [0.15, 0.2) is 42.5 Å². The normalized spacial score (nSPS) is 12.2. The van der Waals surface area contributed by atoms with Crippen molar-refractivity contribution >= 4 is 0 Å². The van der Waals surface area contributed by atoms with Crippen LogP contribution in [0.5, 0.6) is 5.75 Å². The van der Waals surface area contributed by atoms with Crippen molar-refractivity contribution < 1.29 is 18.6 Å².